The highest BCUT2D eigenvalue weighted by molar-refractivity contribution is 5.07. The Morgan fingerprint density at radius 2 is 2.07 bits per heavy atom. The lowest BCUT2D eigenvalue weighted by atomic mass is 10.1. The molecule has 0 bridgehead atoms. The lowest BCUT2D eigenvalue weighted by molar-refractivity contribution is -0.165. The van der Waals surface area contributed by atoms with Crippen molar-refractivity contribution in [2.75, 3.05) is 13.1 Å². The summed E-state index contributed by atoms with van der Waals surface area (Å²) in [4.78, 5) is 0. The van der Waals surface area contributed by atoms with Gasteiger partial charge in [0.2, 0.25) is 0 Å². The van der Waals surface area contributed by atoms with E-state index in [-0.39, 0.29) is 12.8 Å². The summed E-state index contributed by atoms with van der Waals surface area (Å²) in [6, 6.07) is 0.418. The van der Waals surface area contributed by atoms with E-state index in [1.807, 2.05) is 0 Å². The molecule has 1 unspecified atom stereocenters. The van der Waals surface area contributed by atoms with Gasteiger partial charge >= 0.3 is 6.18 Å². The van der Waals surface area contributed by atoms with Crippen LogP contribution < -0.4 is 10.6 Å². The van der Waals surface area contributed by atoms with Crippen molar-refractivity contribution in [3.8, 4) is 0 Å². The van der Waals surface area contributed by atoms with Crippen molar-refractivity contribution in [1.82, 2.24) is 10.6 Å². The molecule has 88 valence electrons. The van der Waals surface area contributed by atoms with E-state index >= 15 is 0 Å². The van der Waals surface area contributed by atoms with Gasteiger partial charge in [-0.3, -0.25) is 0 Å². The molecule has 2 fully saturated rings. The average Bonchev–Trinajstić information content (AvgIpc) is 2.75. The quantitative estimate of drug-likeness (QED) is 0.758. The fourth-order valence-corrected chi connectivity index (χ4v) is 2.17. The van der Waals surface area contributed by atoms with Gasteiger partial charge in [-0.2, -0.15) is 13.2 Å². The third-order valence-corrected chi connectivity index (χ3v) is 3.41. The summed E-state index contributed by atoms with van der Waals surface area (Å²) in [7, 11) is 0. The minimum absolute atomic E-state index is 0.245. The molecule has 2 nitrogen and oxygen atoms in total. The van der Waals surface area contributed by atoms with Gasteiger partial charge in [0.15, 0.2) is 0 Å². The van der Waals surface area contributed by atoms with E-state index in [2.05, 4.69) is 10.6 Å². The van der Waals surface area contributed by atoms with E-state index in [0.29, 0.717) is 12.6 Å². The molecule has 1 aliphatic heterocycles. The Labute approximate surface area is 87.6 Å². The molecular weight excluding hydrogens is 205 g/mol. The smallest absolute Gasteiger partial charge is 0.314 e. The SMILES string of the molecule is FC(F)(F)C1(NCCC2CCCN2)CC1. The molecule has 2 aliphatic rings. The molecule has 0 aromatic rings. The Kier molecular flexibility index (Phi) is 2.94. The second-order valence-corrected chi connectivity index (χ2v) is 4.59. The van der Waals surface area contributed by atoms with Crippen molar-refractivity contribution in [1.29, 1.82) is 0 Å². The molecule has 15 heavy (non-hydrogen) atoms. The van der Waals surface area contributed by atoms with Crippen molar-refractivity contribution in [3.05, 3.63) is 0 Å². The van der Waals surface area contributed by atoms with Crippen LogP contribution in [0.5, 0.6) is 0 Å². The van der Waals surface area contributed by atoms with Gasteiger partial charge in [-0.25, -0.2) is 0 Å². The molecule has 0 spiro atoms. The molecule has 0 aromatic heterocycles. The van der Waals surface area contributed by atoms with Gasteiger partial charge in [0.05, 0.1) is 0 Å². The van der Waals surface area contributed by atoms with Crippen LogP contribution in [0.25, 0.3) is 0 Å². The zero-order chi connectivity index (χ0) is 10.9. The van der Waals surface area contributed by atoms with Gasteiger partial charge in [0.25, 0.3) is 0 Å². The first-order valence-electron chi connectivity index (χ1n) is 5.59. The van der Waals surface area contributed by atoms with Gasteiger partial charge in [-0.1, -0.05) is 0 Å². The van der Waals surface area contributed by atoms with Crippen LogP contribution in [0, 0.1) is 0 Å². The van der Waals surface area contributed by atoms with Crippen molar-refractivity contribution >= 4 is 0 Å². The van der Waals surface area contributed by atoms with E-state index in [9.17, 15) is 13.2 Å². The molecule has 2 N–H and O–H groups in total. The van der Waals surface area contributed by atoms with E-state index in [1.165, 1.54) is 0 Å². The zero-order valence-corrected chi connectivity index (χ0v) is 8.66. The second kappa shape index (κ2) is 3.94. The van der Waals surface area contributed by atoms with Crippen molar-refractivity contribution < 1.29 is 13.2 Å². The molecule has 1 saturated heterocycles. The highest BCUT2D eigenvalue weighted by Crippen LogP contribution is 2.48. The lowest BCUT2D eigenvalue weighted by Gasteiger charge is -2.21. The standard InChI is InChI=1S/C10H17F3N2/c11-10(12,13)9(4-5-9)15-7-3-8-2-1-6-14-8/h8,14-15H,1-7H2. The predicted molar refractivity (Wildman–Crippen MR) is 51.7 cm³/mol. The first kappa shape index (κ1) is 11.2. The van der Waals surface area contributed by atoms with Gasteiger partial charge in [-0.15, -0.1) is 0 Å². The van der Waals surface area contributed by atoms with E-state index in [1.54, 1.807) is 0 Å². The van der Waals surface area contributed by atoms with Crippen LogP contribution >= 0.6 is 0 Å². The average molecular weight is 222 g/mol. The topological polar surface area (TPSA) is 24.1 Å². The Morgan fingerprint density at radius 3 is 2.53 bits per heavy atom. The fraction of sp³-hybridized carbons (Fsp3) is 1.00. The third kappa shape index (κ3) is 2.45. The van der Waals surface area contributed by atoms with Crippen molar-refractivity contribution in [2.45, 2.75) is 49.9 Å². The van der Waals surface area contributed by atoms with Crippen LogP contribution in [0.4, 0.5) is 13.2 Å². The Balaban J connectivity index is 1.69. The van der Waals surface area contributed by atoms with Crippen LogP contribution in [0.1, 0.15) is 32.1 Å². The first-order chi connectivity index (χ1) is 7.04. The number of rotatable bonds is 4. The largest absolute Gasteiger partial charge is 0.406 e. The van der Waals surface area contributed by atoms with Crippen LogP contribution in [0.2, 0.25) is 0 Å². The minimum atomic E-state index is -4.07. The maximum atomic E-state index is 12.5. The Hall–Kier alpha value is -0.290. The van der Waals surface area contributed by atoms with Gasteiger partial charge in [-0.05, 0) is 45.2 Å². The summed E-state index contributed by atoms with van der Waals surface area (Å²) in [5.41, 5.74) is -1.54. The lowest BCUT2D eigenvalue weighted by Crippen LogP contribution is -2.46. The fourth-order valence-electron chi connectivity index (χ4n) is 2.17. The molecule has 1 saturated carbocycles. The van der Waals surface area contributed by atoms with Crippen molar-refractivity contribution in [3.63, 3.8) is 0 Å². The highest BCUT2D eigenvalue weighted by atomic mass is 19.4. The van der Waals surface area contributed by atoms with Gasteiger partial charge < -0.3 is 10.6 Å². The molecule has 0 aromatic carbocycles. The number of alkyl halides is 3. The van der Waals surface area contributed by atoms with Crippen LogP contribution in [0.15, 0.2) is 0 Å². The molecule has 0 radical (unpaired) electrons. The summed E-state index contributed by atoms with van der Waals surface area (Å²) < 4.78 is 37.6. The molecule has 2 rings (SSSR count). The molecular formula is C10H17F3N2. The predicted octanol–water partition coefficient (Wildman–Crippen LogP) is 1.81. The minimum Gasteiger partial charge on any atom is -0.314 e. The number of hydrogen-bond acceptors (Lipinski definition) is 2. The number of nitrogens with one attached hydrogen (secondary N) is 2. The first-order valence-corrected chi connectivity index (χ1v) is 5.59. The summed E-state index contributed by atoms with van der Waals surface area (Å²) >= 11 is 0. The highest BCUT2D eigenvalue weighted by Gasteiger charge is 2.62. The van der Waals surface area contributed by atoms with Crippen molar-refractivity contribution in [2.24, 2.45) is 0 Å². The second-order valence-electron chi connectivity index (χ2n) is 4.59. The zero-order valence-electron chi connectivity index (χ0n) is 8.66. The van der Waals surface area contributed by atoms with E-state index < -0.39 is 11.7 Å². The number of hydrogen-bond donors (Lipinski definition) is 2. The van der Waals surface area contributed by atoms with Crippen LogP contribution in [-0.4, -0.2) is 30.8 Å². The molecule has 1 aliphatic carbocycles. The van der Waals surface area contributed by atoms with Gasteiger partial charge in [0.1, 0.15) is 5.54 Å². The Morgan fingerprint density at radius 1 is 1.33 bits per heavy atom. The van der Waals surface area contributed by atoms with Gasteiger partial charge in [0, 0.05) is 6.04 Å². The van der Waals surface area contributed by atoms with E-state index in [4.69, 9.17) is 0 Å². The van der Waals surface area contributed by atoms with Crippen LogP contribution in [0.3, 0.4) is 0 Å². The van der Waals surface area contributed by atoms with E-state index in [0.717, 1.165) is 25.8 Å². The molecule has 0 amide bonds. The monoisotopic (exact) mass is 222 g/mol. The Bertz CT molecular complexity index is 217. The maximum Gasteiger partial charge on any atom is 0.406 e. The summed E-state index contributed by atoms with van der Waals surface area (Å²) in [6.07, 6.45) is -0.535. The third-order valence-electron chi connectivity index (χ3n) is 3.41. The molecule has 1 atom stereocenters. The summed E-state index contributed by atoms with van der Waals surface area (Å²) in [6.45, 7) is 1.48. The maximum absolute atomic E-state index is 12.5. The number of halogens is 3. The molecule has 1 heterocycles. The summed E-state index contributed by atoms with van der Waals surface area (Å²) in [5, 5.41) is 5.95. The van der Waals surface area contributed by atoms with Crippen LogP contribution in [-0.2, 0) is 0 Å². The summed E-state index contributed by atoms with van der Waals surface area (Å²) in [5.74, 6) is 0. The molecule has 5 heteroatoms. The normalized spacial score (nSPS) is 29.4.